The summed E-state index contributed by atoms with van der Waals surface area (Å²) in [6.07, 6.45) is 6.96. The topological polar surface area (TPSA) is 42.4 Å². The molecule has 0 N–H and O–H groups in total. The highest BCUT2D eigenvalue weighted by Crippen LogP contribution is 2.40. The molecular formula is C24H25ClN2O2S. The minimum absolute atomic E-state index is 0.256. The minimum Gasteiger partial charge on any atom is -0.431 e. The average Bonchev–Trinajstić information content (AvgIpc) is 3.26. The van der Waals surface area contributed by atoms with Gasteiger partial charge in [-0.3, -0.25) is 4.79 Å². The Labute approximate surface area is 185 Å². The third kappa shape index (κ3) is 3.93. The lowest BCUT2D eigenvalue weighted by molar-refractivity contribution is -0.133. The Kier molecular flexibility index (Phi) is 5.42. The molecule has 2 aliphatic rings. The van der Waals surface area contributed by atoms with Gasteiger partial charge in [0.05, 0.1) is 15.2 Å². The van der Waals surface area contributed by atoms with Crippen molar-refractivity contribution in [3.63, 3.8) is 0 Å². The Morgan fingerprint density at radius 2 is 1.90 bits per heavy atom. The fourth-order valence-corrected chi connectivity index (χ4v) is 6.30. The predicted molar refractivity (Wildman–Crippen MR) is 122 cm³/mol. The van der Waals surface area contributed by atoms with Gasteiger partial charge in [-0.25, -0.2) is 4.98 Å². The highest BCUT2D eigenvalue weighted by molar-refractivity contribution is 7.20. The molecule has 0 aliphatic carbocycles. The van der Waals surface area contributed by atoms with Crippen molar-refractivity contribution < 1.29 is 9.53 Å². The van der Waals surface area contributed by atoms with Crippen LogP contribution in [0.5, 0.6) is 10.9 Å². The number of benzene rings is 2. The number of carbonyl (C=O) groups excluding carboxylic acids is 1. The molecule has 2 saturated heterocycles. The number of aromatic nitrogens is 1. The number of thiazole rings is 1. The molecule has 6 heteroatoms. The zero-order chi connectivity index (χ0) is 20.7. The van der Waals surface area contributed by atoms with Crippen molar-refractivity contribution in [2.45, 2.75) is 57.5 Å². The molecule has 2 bridgehead atoms. The number of ether oxygens (including phenoxy) is 1. The molecule has 3 aromatic rings. The summed E-state index contributed by atoms with van der Waals surface area (Å²) in [5, 5.41) is 1.32. The first-order valence-corrected chi connectivity index (χ1v) is 11.9. The van der Waals surface area contributed by atoms with Gasteiger partial charge in [0.15, 0.2) is 0 Å². The van der Waals surface area contributed by atoms with Crippen LogP contribution in [0.1, 0.15) is 44.6 Å². The van der Waals surface area contributed by atoms with Gasteiger partial charge < -0.3 is 9.64 Å². The molecule has 3 heterocycles. The van der Waals surface area contributed by atoms with Crippen molar-refractivity contribution >= 4 is 39.1 Å². The van der Waals surface area contributed by atoms with Gasteiger partial charge in [0, 0.05) is 19.0 Å². The third-order valence-electron chi connectivity index (χ3n) is 6.51. The van der Waals surface area contributed by atoms with Crippen LogP contribution < -0.4 is 4.74 Å². The second kappa shape index (κ2) is 8.20. The molecule has 2 aliphatic heterocycles. The molecule has 3 atom stereocenters. The zero-order valence-electron chi connectivity index (χ0n) is 17.0. The van der Waals surface area contributed by atoms with Crippen LogP contribution in [-0.2, 0) is 11.2 Å². The smallest absolute Gasteiger partial charge is 0.279 e. The van der Waals surface area contributed by atoms with Crippen LogP contribution in [0.4, 0.5) is 0 Å². The first-order valence-electron chi connectivity index (χ1n) is 10.7. The van der Waals surface area contributed by atoms with Crippen LogP contribution in [0.15, 0.2) is 42.5 Å². The molecule has 1 amide bonds. The molecule has 1 unspecified atom stereocenters. The number of halogens is 1. The summed E-state index contributed by atoms with van der Waals surface area (Å²) in [6.45, 7) is 1.72. The van der Waals surface area contributed by atoms with Crippen LogP contribution in [0.3, 0.4) is 0 Å². The normalized spacial score (nSPS) is 23.1. The van der Waals surface area contributed by atoms with E-state index < -0.39 is 0 Å². The molecule has 5 rings (SSSR count). The number of nitrogens with zero attached hydrogens (tertiary/aromatic N) is 2. The van der Waals surface area contributed by atoms with Gasteiger partial charge in [-0.2, -0.15) is 0 Å². The number of piperidine rings is 1. The Balaban J connectivity index is 1.18. The van der Waals surface area contributed by atoms with Gasteiger partial charge in [-0.15, -0.1) is 0 Å². The second-order valence-electron chi connectivity index (χ2n) is 8.50. The summed E-state index contributed by atoms with van der Waals surface area (Å²) in [5.41, 5.74) is 2.19. The quantitative estimate of drug-likeness (QED) is 0.457. The molecule has 4 nitrogen and oxygen atoms in total. The molecule has 1 aromatic heterocycles. The summed E-state index contributed by atoms with van der Waals surface area (Å²) in [7, 11) is 0. The summed E-state index contributed by atoms with van der Waals surface area (Å²) in [6, 6.07) is 15.0. The van der Waals surface area contributed by atoms with Gasteiger partial charge in [-0.1, -0.05) is 41.1 Å². The summed E-state index contributed by atoms with van der Waals surface area (Å²) < 4.78 is 6.90. The largest absolute Gasteiger partial charge is 0.431 e. The highest BCUT2D eigenvalue weighted by Gasteiger charge is 2.41. The molecule has 0 radical (unpaired) electrons. The maximum absolute atomic E-state index is 11.9. The van der Waals surface area contributed by atoms with Crippen molar-refractivity contribution in [2.24, 2.45) is 5.92 Å². The Morgan fingerprint density at radius 3 is 2.57 bits per heavy atom. The molecule has 156 valence electrons. The Bertz CT molecular complexity index is 1050. The van der Waals surface area contributed by atoms with E-state index >= 15 is 0 Å². The first kappa shape index (κ1) is 19.8. The number of hydrogen-bond acceptors (Lipinski definition) is 4. The number of rotatable bonds is 5. The number of amides is 1. The van der Waals surface area contributed by atoms with Crippen LogP contribution in [0.25, 0.3) is 10.2 Å². The van der Waals surface area contributed by atoms with Crippen molar-refractivity contribution in [3.05, 3.63) is 53.1 Å². The molecule has 2 aromatic carbocycles. The SMILES string of the molecule is CC(=O)N1[C@@H]2CC[C@H]1CC(CCc1ccc(Oc3nc4cccc(Cl)c4s3)cc1)C2. The van der Waals surface area contributed by atoms with E-state index in [2.05, 4.69) is 22.0 Å². The molecule has 0 spiro atoms. The van der Waals surface area contributed by atoms with E-state index in [1.54, 1.807) is 6.92 Å². The first-order chi connectivity index (χ1) is 14.6. The van der Waals surface area contributed by atoms with E-state index in [0.717, 1.165) is 41.1 Å². The molecule has 0 saturated carbocycles. The van der Waals surface area contributed by atoms with Crippen LogP contribution in [0, 0.1) is 5.92 Å². The third-order valence-corrected chi connectivity index (χ3v) is 7.92. The van der Waals surface area contributed by atoms with Gasteiger partial charge in [0.2, 0.25) is 5.91 Å². The van der Waals surface area contributed by atoms with Gasteiger partial charge in [0.25, 0.3) is 5.19 Å². The van der Waals surface area contributed by atoms with Crippen LogP contribution in [0.2, 0.25) is 5.02 Å². The average molecular weight is 441 g/mol. The van der Waals surface area contributed by atoms with E-state index in [4.69, 9.17) is 16.3 Å². The molecule has 30 heavy (non-hydrogen) atoms. The van der Waals surface area contributed by atoms with Crippen molar-refractivity contribution in [1.82, 2.24) is 9.88 Å². The monoisotopic (exact) mass is 440 g/mol. The van der Waals surface area contributed by atoms with Crippen molar-refractivity contribution in [2.75, 3.05) is 0 Å². The lowest BCUT2D eigenvalue weighted by Gasteiger charge is -2.38. The van der Waals surface area contributed by atoms with Crippen LogP contribution in [-0.4, -0.2) is 27.9 Å². The fraction of sp³-hybridized carbons (Fsp3) is 0.417. The summed E-state index contributed by atoms with van der Waals surface area (Å²) >= 11 is 7.70. The number of hydrogen-bond donors (Lipinski definition) is 0. The maximum atomic E-state index is 11.9. The van der Waals surface area contributed by atoms with E-state index in [0.29, 0.717) is 22.3 Å². The lowest BCUT2D eigenvalue weighted by atomic mass is 9.86. The number of fused-ring (bicyclic) bond motifs is 3. The van der Waals surface area contributed by atoms with E-state index in [1.165, 1.54) is 36.2 Å². The highest BCUT2D eigenvalue weighted by atomic mass is 35.5. The fourth-order valence-electron chi connectivity index (χ4n) is 5.17. The minimum atomic E-state index is 0.256. The van der Waals surface area contributed by atoms with E-state index in [-0.39, 0.29) is 5.91 Å². The van der Waals surface area contributed by atoms with E-state index in [1.807, 2.05) is 30.3 Å². The maximum Gasteiger partial charge on any atom is 0.279 e. The summed E-state index contributed by atoms with van der Waals surface area (Å²) in [4.78, 5) is 18.5. The predicted octanol–water partition coefficient (Wildman–Crippen LogP) is 6.46. The number of aryl methyl sites for hydroxylation is 1. The Morgan fingerprint density at radius 1 is 1.17 bits per heavy atom. The van der Waals surface area contributed by atoms with Gasteiger partial charge in [-0.05, 0) is 74.3 Å². The standard InChI is InChI=1S/C24H25ClN2O2S/c1-15(28)27-18-9-10-19(27)14-17(13-18)6-5-16-7-11-20(12-8-16)29-24-26-22-4-2-3-21(25)23(22)30-24/h2-4,7-8,11-12,17-19H,5-6,9-10,13-14H2,1H3/t17?,18-,19+. The van der Waals surface area contributed by atoms with Gasteiger partial charge in [0.1, 0.15) is 5.75 Å². The van der Waals surface area contributed by atoms with E-state index in [9.17, 15) is 4.79 Å². The van der Waals surface area contributed by atoms with Gasteiger partial charge >= 0.3 is 0 Å². The number of carbonyl (C=O) groups is 1. The molecular weight excluding hydrogens is 416 g/mol. The van der Waals surface area contributed by atoms with Crippen LogP contribution >= 0.6 is 22.9 Å². The van der Waals surface area contributed by atoms with Crippen molar-refractivity contribution in [3.8, 4) is 10.9 Å². The Hall–Kier alpha value is -2.11. The zero-order valence-corrected chi connectivity index (χ0v) is 18.6. The van der Waals surface area contributed by atoms with Crippen molar-refractivity contribution in [1.29, 1.82) is 0 Å². The summed E-state index contributed by atoms with van der Waals surface area (Å²) in [5.74, 6) is 1.77. The second-order valence-corrected chi connectivity index (χ2v) is 9.87. The molecule has 2 fully saturated rings. The lowest BCUT2D eigenvalue weighted by Crippen LogP contribution is -2.45.